The zero-order valence-corrected chi connectivity index (χ0v) is 15.7. The summed E-state index contributed by atoms with van der Waals surface area (Å²) in [6.07, 6.45) is 2.73. The maximum absolute atomic E-state index is 12.7. The second kappa shape index (κ2) is 7.67. The molecule has 0 saturated carbocycles. The van der Waals surface area contributed by atoms with E-state index in [0.717, 1.165) is 25.7 Å². The maximum Gasteiger partial charge on any atom is 0.295 e. The monoisotopic (exact) mass is 404 g/mol. The van der Waals surface area contributed by atoms with Crippen LogP contribution in [-0.2, 0) is 12.8 Å². The first kappa shape index (κ1) is 18.5. The summed E-state index contributed by atoms with van der Waals surface area (Å²) in [4.78, 5) is 32.7. The van der Waals surface area contributed by atoms with Gasteiger partial charge in [-0.3, -0.25) is 20.4 Å². The van der Waals surface area contributed by atoms with Crippen LogP contribution in [0.2, 0.25) is 0 Å². The topological polar surface area (TPSA) is 86.9 Å². The summed E-state index contributed by atoms with van der Waals surface area (Å²) in [6.45, 7) is 0. The maximum atomic E-state index is 12.7. The number of fused-ring (bicyclic) bond motifs is 2. The average molecular weight is 404 g/mol. The molecule has 0 atom stereocenters. The number of alkyl halides is 2. The molecular weight excluding hydrogens is 386 g/mol. The highest BCUT2D eigenvalue weighted by Gasteiger charge is 2.18. The Morgan fingerprint density at radius 1 is 1.07 bits per heavy atom. The van der Waals surface area contributed by atoms with Crippen LogP contribution in [0.1, 0.15) is 62.0 Å². The number of aromatic nitrogens is 2. The van der Waals surface area contributed by atoms with E-state index in [1.54, 1.807) is 0 Å². The van der Waals surface area contributed by atoms with Crippen LogP contribution < -0.4 is 10.9 Å². The fourth-order valence-electron chi connectivity index (χ4n) is 3.30. The number of nitrogens with one attached hydrogen (secondary N) is 3. The van der Waals surface area contributed by atoms with Gasteiger partial charge in [-0.15, -0.1) is 11.3 Å². The van der Waals surface area contributed by atoms with Crippen molar-refractivity contribution in [3.63, 3.8) is 0 Å². The van der Waals surface area contributed by atoms with Crippen LogP contribution in [0.3, 0.4) is 0 Å². The van der Waals surface area contributed by atoms with Crippen molar-refractivity contribution in [2.45, 2.75) is 38.5 Å². The minimum absolute atomic E-state index is 0.222. The van der Waals surface area contributed by atoms with E-state index in [2.05, 4.69) is 20.8 Å². The summed E-state index contributed by atoms with van der Waals surface area (Å²) in [5.74, 6) is -1.35. The number of halogens is 2. The zero-order chi connectivity index (χ0) is 19.7. The smallest absolute Gasteiger partial charge is 0.295 e. The molecule has 0 saturated heterocycles. The van der Waals surface area contributed by atoms with Crippen molar-refractivity contribution in [1.29, 1.82) is 0 Å². The minimum Gasteiger partial charge on any atom is -0.337 e. The van der Waals surface area contributed by atoms with Gasteiger partial charge in [-0.25, -0.2) is 13.8 Å². The number of carbonyl (C=O) groups excluding carboxylic acids is 2. The Labute approximate surface area is 163 Å². The Morgan fingerprint density at radius 2 is 1.86 bits per heavy atom. The molecule has 6 nitrogen and oxygen atoms in total. The lowest BCUT2D eigenvalue weighted by Gasteiger charge is -2.06. The minimum atomic E-state index is -2.72. The Bertz CT molecular complexity index is 1020. The van der Waals surface area contributed by atoms with Gasteiger partial charge in [0.15, 0.2) is 5.82 Å². The number of aromatic amines is 1. The second-order valence-electron chi connectivity index (χ2n) is 6.68. The number of imidazole rings is 1. The summed E-state index contributed by atoms with van der Waals surface area (Å²) >= 11 is 1.46. The number of hydrogen-bond acceptors (Lipinski definition) is 4. The molecular formula is C19H18F2N4O2S. The third-order valence-electron chi connectivity index (χ3n) is 4.73. The van der Waals surface area contributed by atoms with Crippen molar-refractivity contribution in [2.24, 2.45) is 0 Å². The molecule has 28 heavy (non-hydrogen) atoms. The quantitative estimate of drug-likeness (QED) is 0.457. The molecule has 0 fully saturated rings. The van der Waals surface area contributed by atoms with Crippen molar-refractivity contribution >= 4 is 34.2 Å². The van der Waals surface area contributed by atoms with Crippen LogP contribution in [0.25, 0.3) is 11.0 Å². The van der Waals surface area contributed by atoms with Gasteiger partial charge < -0.3 is 4.98 Å². The first-order valence-corrected chi connectivity index (χ1v) is 9.83. The molecule has 2 heterocycles. The summed E-state index contributed by atoms with van der Waals surface area (Å²) in [5.41, 5.74) is 6.91. The lowest BCUT2D eigenvalue weighted by atomic mass is 10.1. The first-order chi connectivity index (χ1) is 13.5. The number of amides is 2. The van der Waals surface area contributed by atoms with E-state index in [4.69, 9.17) is 0 Å². The Hall–Kier alpha value is -2.81. The SMILES string of the molecule is O=C(NNC(=O)c1cc2c(s1)CCCCC2)c1ccc2nc(C(F)F)[nH]c2c1. The number of carbonyl (C=O) groups is 2. The molecule has 1 aliphatic carbocycles. The second-order valence-corrected chi connectivity index (χ2v) is 7.82. The van der Waals surface area contributed by atoms with Crippen LogP contribution in [-0.4, -0.2) is 21.8 Å². The number of rotatable bonds is 3. The van der Waals surface area contributed by atoms with Gasteiger partial charge in [-0.1, -0.05) is 6.42 Å². The Balaban J connectivity index is 1.42. The van der Waals surface area contributed by atoms with Crippen molar-refractivity contribution < 1.29 is 18.4 Å². The molecule has 1 aromatic carbocycles. The lowest BCUT2D eigenvalue weighted by Crippen LogP contribution is -2.41. The number of H-pyrrole nitrogens is 1. The number of hydrazine groups is 1. The van der Waals surface area contributed by atoms with Gasteiger partial charge in [0.05, 0.1) is 15.9 Å². The molecule has 0 radical (unpaired) electrons. The standard InChI is InChI=1S/C19H18F2N4O2S/c20-16(21)17-22-12-7-6-11(8-13(12)23-17)18(26)24-25-19(27)15-9-10-4-2-1-3-5-14(10)28-15/h6-9,16H,1-5H2,(H,22,23)(H,24,26)(H,25,27). The van der Waals surface area contributed by atoms with Crippen LogP contribution >= 0.6 is 11.3 Å². The van der Waals surface area contributed by atoms with Gasteiger partial charge in [0.2, 0.25) is 0 Å². The fourth-order valence-corrected chi connectivity index (χ4v) is 4.45. The van der Waals surface area contributed by atoms with E-state index in [0.29, 0.717) is 15.9 Å². The Morgan fingerprint density at radius 3 is 2.68 bits per heavy atom. The summed E-state index contributed by atoms with van der Waals surface area (Å²) in [7, 11) is 0. The van der Waals surface area contributed by atoms with E-state index in [1.807, 2.05) is 6.07 Å². The van der Waals surface area contributed by atoms with Gasteiger partial charge in [-0.05, 0) is 55.5 Å². The van der Waals surface area contributed by atoms with Crippen molar-refractivity contribution in [3.8, 4) is 0 Å². The van der Waals surface area contributed by atoms with E-state index in [-0.39, 0.29) is 11.5 Å². The van der Waals surface area contributed by atoms with Gasteiger partial charge in [0.25, 0.3) is 18.2 Å². The molecule has 9 heteroatoms. The van der Waals surface area contributed by atoms with E-state index in [1.165, 1.54) is 46.4 Å². The molecule has 0 spiro atoms. The third kappa shape index (κ3) is 3.75. The predicted octanol–water partition coefficient (Wildman–Crippen LogP) is 3.91. The van der Waals surface area contributed by atoms with E-state index < -0.39 is 18.2 Å². The number of aryl methyl sites for hydroxylation is 2. The first-order valence-electron chi connectivity index (χ1n) is 9.01. The molecule has 3 N–H and O–H groups in total. The molecule has 0 bridgehead atoms. The normalized spacial score (nSPS) is 14.0. The largest absolute Gasteiger partial charge is 0.337 e. The van der Waals surface area contributed by atoms with Crippen LogP contribution in [0.5, 0.6) is 0 Å². The number of hydrogen-bond donors (Lipinski definition) is 3. The average Bonchev–Trinajstić information content (AvgIpc) is 3.23. The highest BCUT2D eigenvalue weighted by molar-refractivity contribution is 7.14. The molecule has 2 amide bonds. The van der Waals surface area contributed by atoms with E-state index in [9.17, 15) is 18.4 Å². The lowest BCUT2D eigenvalue weighted by molar-refractivity contribution is 0.0849. The van der Waals surface area contributed by atoms with Crippen LogP contribution in [0, 0.1) is 0 Å². The molecule has 3 aromatic rings. The molecule has 4 rings (SSSR count). The molecule has 146 valence electrons. The van der Waals surface area contributed by atoms with Gasteiger partial charge in [0.1, 0.15) is 0 Å². The number of thiophene rings is 1. The van der Waals surface area contributed by atoms with Gasteiger partial charge in [-0.2, -0.15) is 0 Å². The fraction of sp³-hybridized carbons (Fsp3) is 0.316. The molecule has 2 aromatic heterocycles. The molecule has 0 unspecified atom stereocenters. The number of nitrogens with zero attached hydrogens (tertiary/aromatic N) is 1. The van der Waals surface area contributed by atoms with E-state index >= 15 is 0 Å². The third-order valence-corrected chi connectivity index (χ3v) is 5.96. The van der Waals surface area contributed by atoms with Gasteiger partial charge >= 0.3 is 0 Å². The van der Waals surface area contributed by atoms with Crippen molar-refractivity contribution in [2.75, 3.05) is 0 Å². The van der Waals surface area contributed by atoms with Crippen LogP contribution in [0.4, 0.5) is 8.78 Å². The number of benzene rings is 1. The summed E-state index contributed by atoms with van der Waals surface area (Å²) < 4.78 is 25.4. The van der Waals surface area contributed by atoms with Crippen molar-refractivity contribution in [1.82, 2.24) is 20.8 Å². The summed E-state index contributed by atoms with van der Waals surface area (Å²) in [5, 5.41) is 0. The molecule has 1 aliphatic rings. The van der Waals surface area contributed by atoms with Gasteiger partial charge in [0, 0.05) is 10.4 Å². The highest BCUT2D eigenvalue weighted by atomic mass is 32.1. The highest BCUT2D eigenvalue weighted by Crippen LogP contribution is 2.28. The predicted molar refractivity (Wildman–Crippen MR) is 102 cm³/mol. The van der Waals surface area contributed by atoms with Crippen molar-refractivity contribution in [3.05, 3.63) is 51.0 Å². The zero-order valence-electron chi connectivity index (χ0n) is 14.9. The van der Waals surface area contributed by atoms with Crippen LogP contribution in [0.15, 0.2) is 24.3 Å². The Kier molecular flexibility index (Phi) is 5.08. The summed E-state index contributed by atoms with van der Waals surface area (Å²) in [6, 6.07) is 6.26. The molecule has 0 aliphatic heterocycles.